The SMILES string of the molecule is Cc1cc(C)n(CC(=O)N[C@H]2C[C@H]3CO[C@@H](c4ccc(Cl)cc4)CN3C2)n1. The Balaban J connectivity index is 1.32. The van der Waals surface area contributed by atoms with E-state index in [1.54, 1.807) is 4.68 Å². The van der Waals surface area contributed by atoms with Crippen LogP contribution < -0.4 is 5.32 Å². The molecule has 1 aromatic heterocycles. The number of morpholine rings is 1. The minimum atomic E-state index is 0.0150. The van der Waals surface area contributed by atoms with Crippen molar-refractivity contribution in [2.24, 2.45) is 0 Å². The van der Waals surface area contributed by atoms with Gasteiger partial charge in [-0.2, -0.15) is 5.10 Å². The monoisotopic (exact) mass is 388 g/mol. The lowest BCUT2D eigenvalue weighted by Crippen LogP contribution is -2.43. The zero-order valence-corrected chi connectivity index (χ0v) is 16.4. The maximum Gasteiger partial charge on any atom is 0.242 e. The van der Waals surface area contributed by atoms with Crippen LogP contribution in [0.3, 0.4) is 0 Å². The Hall–Kier alpha value is -1.89. The van der Waals surface area contributed by atoms with Gasteiger partial charge in [0.1, 0.15) is 6.54 Å². The zero-order chi connectivity index (χ0) is 19.0. The maximum atomic E-state index is 12.4. The first-order chi connectivity index (χ1) is 13.0. The molecule has 27 heavy (non-hydrogen) atoms. The third-order valence-electron chi connectivity index (χ3n) is 5.42. The van der Waals surface area contributed by atoms with Gasteiger partial charge in [0, 0.05) is 35.9 Å². The van der Waals surface area contributed by atoms with Crippen molar-refractivity contribution in [3.63, 3.8) is 0 Å². The van der Waals surface area contributed by atoms with E-state index in [2.05, 4.69) is 15.3 Å². The first-order valence-electron chi connectivity index (χ1n) is 9.39. The third kappa shape index (κ3) is 4.18. The van der Waals surface area contributed by atoms with Crippen LogP contribution in [-0.4, -0.2) is 52.4 Å². The number of rotatable bonds is 4. The fourth-order valence-corrected chi connectivity index (χ4v) is 4.23. The number of carbonyl (C=O) groups excluding carboxylic acids is 1. The van der Waals surface area contributed by atoms with Crippen LogP contribution in [-0.2, 0) is 16.1 Å². The number of nitrogens with zero attached hydrogens (tertiary/aromatic N) is 3. The average Bonchev–Trinajstić information content (AvgIpc) is 3.16. The van der Waals surface area contributed by atoms with Gasteiger partial charge in [0.05, 0.1) is 18.4 Å². The Bertz CT molecular complexity index is 820. The number of amides is 1. The number of aromatic nitrogens is 2. The second-order valence-corrected chi connectivity index (χ2v) is 8.00. The molecule has 2 saturated heterocycles. The molecular formula is C20H25ClN4O2. The van der Waals surface area contributed by atoms with Gasteiger partial charge in [0.25, 0.3) is 0 Å². The van der Waals surface area contributed by atoms with Crippen molar-refractivity contribution < 1.29 is 9.53 Å². The predicted molar refractivity (Wildman–Crippen MR) is 104 cm³/mol. The highest BCUT2D eigenvalue weighted by molar-refractivity contribution is 6.30. The summed E-state index contributed by atoms with van der Waals surface area (Å²) < 4.78 is 7.83. The third-order valence-corrected chi connectivity index (χ3v) is 5.67. The number of carbonyl (C=O) groups is 1. The molecule has 2 fully saturated rings. The van der Waals surface area contributed by atoms with Gasteiger partial charge in [-0.25, -0.2) is 0 Å². The van der Waals surface area contributed by atoms with E-state index in [9.17, 15) is 4.79 Å². The van der Waals surface area contributed by atoms with Crippen LogP contribution in [0.2, 0.25) is 5.02 Å². The van der Waals surface area contributed by atoms with E-state index in [1.165, 1.54) is 0 Å². The van der Waals surface area contributed by atoms with Crippen molar-refractivity contribution in [2.75, 3.05) is 19.7 Å². The summed E-state index contributed by atoms with van der Waals surface area (Å²) in [6.07, 6.45) is 0.985. The summed E-state index contributed by atoms with van der Waals surface area (Å²) >= 11 is 5.98. The molecule has 0 spiro atoms. The highest BCUT2D eigenvalue weighted by atomic mass is 35.5. The minimum Gasteiger partial charge on any atom is -0.371 e. The maximum absolute atomic E-state index is 12.4. The number of fused-ring (bicyclic) bond motifs is 1. The molecular weight excluding hydrogens is 364 g/mol. The van der Waals surface area contributed by atoms with Gasteiger partial charge in [-0.3, -0.25) is 14.4 Å². The summed E-state index contributed by atoms with van der Waals surface area (Å²) in [4.78, 5) is 14.8. The van der Waals surface area contributed by atoms with E-state index in [0.717, 1.165) is 41.5 Å². The summed E-state index contributed by atoms with van der Waals surface area (Å²) in [5.74, 6) is 0.0150. The quantitative estimate of drug-likeness (QED) is 0.874. The summed E-state index contributed by atoms with van der Waals surface area (Å²) in [5.41, 5.74) is 3.09. The molecule has 1 aromatic carbocycles. The standard InChI is InChI=1S/C20H25ClN4O2/c1-13-7-14(2)25(23-13)11-20(26)22-17-8-18-12-27-19(10-24(18)9-17)15-3-5-16(21)6-4-15/h3-7,17-19H,8-12H2,1-2H3,(H,22,26)/t17-,18-,19+/m0/s1. The molecule has 2 aliphatic heterocycles. The van der Waals surface area contributed by atoms with E-state index >= 15 is 0 Å². The van der Waals surface area contributed by atoms with Gasteiger partial charge in [0.15, 0.2) is 0 Å². The molecule has 2 aliphatic rings. The van der Waals surface area contributed by atoms with Crippen molar-refractivity contribution in [1.82, 2.24) is 20.0 Å². The Morgan fingerprint density at radius 3 is 2.78 bits per heavy atom. The average molecular weight is 389 g/mol. The topological polar surface area (TPSA) is 59.4 Å². The summed E-state index contributed by atoms with van der Waals surface area (Å²) in [6, 6.07) is 10.4. The lowest BCUT2D eigenvalue weighted by molar-refractivity contribution is -0.122. The fraction of sp³-hybridized carbons (Fsp3) is 0.500. The van der Waals surface area contributed by atoms with Crippen LogP contribution in [0.5, 0.6) is 0 Å². The van der Waals surface area contributed by atoms with Gasteiger partial charge >= 0.3 is 0 Å². The van der Waals surface area contributed by atoms with E-state index in [4.69, 9.17) is 16.3 Å². The smallest absolute Gasteiger partial charge is 0.242 e. The molecule has 1 amide bonds. The largest absolute Gasteiger partial charge is 0.371 e. The Morgan fingerprint density at radius 2 is 2.07 bits per heavy atom. The van der Waals surface area contributed by atoms with E-state index in [1.807, 2.05) is 44.2 Å². The summed E-state index contributed by atoms with van der Waals surface area (Å²) in [5, 5.41) is 8.27. The summed E-state index contributed by atoms with van der Waals surface area (Å²) in [6.45, 7) is 6.57. The molecule has 3 heterocycles. The number of ether oxygens (including phenoxy) is 1. The zero-order valence-electron chi connectivity index (χ0n) is 15.7. The van der Waals surface area contributed by atoms with Crippen molar-refractivity contribution in [2.45, 2.75) is 45.0 Å². The normalized spacial score (nSPS) is 25.4. The molecule has 4 rings (SSSR count). The Labute approximate surface area is 164 Å². The van der Waals surface area contributed by atoms with Crippen molar-refractivity contribution in [3.05, 3.63) is 52.3 Å². The first kappa shape index (κ1) is 18.5. The van der Waals surface area contributed by atoms with Crippen molar-refractivity contribution in [3.8, 4) is 0 Å². The van der Waals surface area contributed by atoms with Gasteiger partial charge in [0.2, 0.25) is 5.91 Å². The lowest BCUT2D eigenvalue weighted by atomic mass is 10.1. The second kappa shape index (κ2) is 7.62. The Morgan fingerprint density at radius 1 is 1.30 bits per heavy atom. The van der Waals surface area contributed by atoms with E-state index in [0.29, 0.717) is 12.6 Å². The minimum absolute atomic E-state index is 0.0150. The molecule has 3 atom stereocenters. The molecule has 0 unspecified atom stereocenters. The van der Waals surface area contributed by atoms with Crippen LogP contribution in [0.4, 0.5) is 0 Å². The predicted octanol–water partition coefficient (Wildman–Crippen LogP) is 2.48. The van der Waals surface area contributed by atoms with Crippen LogP contribution >= 0.6 is 11.6 Å². The number of hydrogen-bond donors (Lipinski definition) is 1. The second-order valence-electron chi connectivity index (χ2n) is 7.57. The van der Waals surface area contributed by atoms with Gasteiger partial charge in [-0.1, -0.05) is 23.7 Å². The molecule has 1 N–H and O–H groups in total. The number of hydrogen-bond acceptors (Lipinski definition) is 4. The molecule has 0 aliphatic carbocycles. The lowest BCUT2D eigenvalue weighted by Gasteiger charge is -2.35. The number of benzene rings is 1. The number of aryl methyl sites for hydroxylation is 2. The molecule has 7 heteroatoms. The van der Waals surface area contributed by atoms with Gasteiger partial charge < -0.3 is 10.1 Å². The van der Waals surface area contributed by atoms with Crippen LogP contribution in [0.1, 0.15) is 29.5 Å². The van der Waals surface area contributed by atoms with E-state index in [-0.39, 0.29) is 24.6 Å². The Kier molecular flexibility index (Phi) is 5.21. The molecule has 0 bridgehead atoms. The highest BCUT2D eigenvalue weighted by Crippen LogP contribution is 2.30. The van der Waals surface area contributed by atoms with Gasteiger partial charge in [-0.15, -0.1) is 0 Å². The van der Waals surface area contributed by atoms with Crippen LogP contribution in [0.15, 0.2) is 30.3 Å². The van der Waals surface area contributed by atoms with Crippen molar-refractivity contribution in [1.29, 1.82) is 0 Å². The number of nitrogens with one attached hydrogen (secondary N) is 1. The van der Waals surface area contributed by atoms with Crippen molar-refractivity contribution >= 4 is 17.5 Å². The molecule has 0 saturated carbocycles. The fourth-order valence-electron chi connectivity index (χ4n) is 4.10. The molecule has 6 nitrogen and oxygen atoms in total. The molecule has 2 aromatic rings. The molecule has 0 radical (unpaired) electrons. The first-order valence-corrected chi connectivity index (χ1v) is 9.77. The number of halogens is 1. The summed E-state index contributed by atoms with van der Waals surface area (Å²) in [7, 11) is 0. The van der Waals surface area contributed by atoms with Crippen LogP contribution in [0, 0.1) is 13.8 Å². The van der Waals surface area contributed by atoms with Gasteiger partial charge in [-0.05, 0) is 44.0 Å². The molecule has 144 valence electrons. The van der Waals surface area contributed by atoms with E-state index < -0.39 is 0 Å². The highest BCUT2D eigenvalue weighted by Gasteiger charge is 2.38. The van der Waals surface area contributed by atoms with Crippen LogP contribution in [0.25, 0.3) is 0 Å².